The fourth-order valence-electron chi connectivity index (χ4n) is 6.54. The number of fused-ring (bicyclic) bond motifs is 4. The van der Waals surface area contributed by atoms with Crippen LogP contribution in [-0.4, -0.2) is 78.1 Å². The minimum Gasteiger partial charge on any atom is -0.508 e. The maximum absolute atomic E-state index is 12.6. The Hall–Kier alpha value is -1.59. The van der Waals surface area contributed by atoms with Crippen LogP contribution < -0.4 is 0 Å². The van der Waals surface area contributed by atoms with E-state index >= 15 is 0 Å². The van der Waals surface area contributed by atoms with Gasteiger partial charge < -0.3 is 19.8 Å². The molecule has 1 N–H and O–H groups in total. The van der Waals surface area contributed by atoms with Crippen molar-refractivity contribution in [2.75, 3.05) is 40.3 Å². The number of carbonyl (C=O) groups is 1. The van der Waals surface area contributed by atoms with Crippen molar-refractivity contribution in [1.29, 1.82) is 0 Å². The van der Waals surface area contributed by atoms with Crippen molar-refractivity contribution in [3.63, 3.8) is 0 Å². The minimum atomic E-state index is -0.290. The van der Waals surface area contributed by atoms with Gasteiger partial charge in [0, 0.05) is 42.5 Å². The Labute approximate surface area is 188 Å². The minimum absolute atomic E-state index is 0.0567. The van der Waals surface area contributed by atoms with Crippen molar-refractivity contribution in [1.82, 2.24) is 14.7 Å². The zero-order valence-electron chi connectivity index (χ0n) is 20.3. The average molecular weight is 428 g/mol. The molecule has 2 heterocycles. The molecular formula is C26H41N3O2. The predicted octanol–water partition coefficient (Wildman–Crippen LogP) is 3.50. The molecule has 2 fully saturated rings. The van der Waals surface area contributed by atoms with Gasteiger partial charge >= 0.3 is 0 Å². The third kappa shape index (κ3) is 4.11. The van der Waals surface area contributed by atoms with Gasteiger partial charge in [-0.1, -0.05) is 33.8 Å². The molecule has 2 saturated heterocycles. The van der Waals surface area contributed by atoms with E-state index in [1.165, 1.54) is 11.1 Å². The van der Waals surface area contributed by atoms with Gasteiger partial charge in [-0.25, -0.2) is 0 Å². The Morgan fingerprint density at radius 2 is 1.90 bits per heavy atom. The third-order valence-electron chi connectivity index (χ3n) is 8.27. The Balaban J connectivity index is 1.48. The zero-order chi connectivity index (χ0) is 22.6. The van der Waals surface area contributed by atoms with Crippen LogP contribution in [0.2, 0.25) is 0 Å². The number of phenols is 1. The van der Waals surface area contributed by atoms with Gasteiger partial charge in [0.05, 0.1) is 0 Å². The molecule has 3 aliphatic rings. The van der Waals surface area contributed by atoms with Crippen LogP contribution in [0.3, 0.4) is 0 Å². The summed E-state index contributed by atoms with van der Waals surface area (Å²) in [4.78, 5) is 19.9. The second kappa shape index (κ2) is 8.08. The SMILES string of the molecule is CN1CCC2(C)c3cc(O)ccc3C[C@@H]1[C@@H]2N(C)CC1CCN(C(=O)C(C)(C)C)CC1. The molecular weight excluding hydrogens is 386 g/mol. The average Bonchev–Trinajstić information content (AvgIpc) is 2.71. The standard InChI is InChI=1S/C26H41N3O2/c1-25(2,3)24(31)29-12-9-18(10-13-29)17-28(6)23-22-15-19-7-8-20(30)16-21(19)26(23,4)11-14-27(22)5/h7-8,16,18,22-23,30H,9-15,17H2,1-6H3/t22-,23+,26?/m1/s1. The van der Waals surface area contributed by atoms with Gasteiger partial charge in [0.15, 0.2) is 0 Å². The molecule has 1 aromatic rings. The first-order chi connectivity index (χ1) is 14.5. The number of likely N-dealkylation sites (tertiary alicyclic amines) is 2. The van der Waals surface area contributed by atoms with E-state index in [1.807, 2.05) is 32.9 Å². The zero-order valence-corrected chi connectivity index (χ0v) is 20.3. The lowest BCUT2D eigenvalue weighted by Gasteiger charge is -2.58. The van der Waals surface area contributed by atoms with Crippen LogP contribution in [0.4, 0.5) is 0 Å². The summed E-state index contributed by atoms with van der Waals surface area (Å²) in [5, 5.41) is 10.2. The number of benzene rings is 1. The molecule has 5 nitrogen and oxygen atoms in total. The van der Waals surface area contributed by atoms with Crippen molar-refractivity contribution in [3.05, 3.63) is 29.3 Å². The summed E-state index contributed by atoms with van der Waals surface area (Å²) in [5.41, 5.74) is 2.51. The van der Waals surface area contributed by atoms with E-state index in [4.69, 9.17) is 0 Å². The number of amides is 1. The number of phenolic OH excluding ortho intramolecular Hbond substituents is 1. The largest absolute Gasteiger partial charge is 0.508 e. The molecule has 3 atom stereocenters. The quantitative estimate of drug-likeness (QED) is 0.802. The van der Waals surface area contributed by atoms with E-state index in [0.29, 0.717) is 23.8 Å². The number of aromatic hydroxyl groups is 1. The van der Waals surface area contributed by atoms with Crippen LogP contribution in [0.15, 0.2) is 18.2 Å². The Kier molecular flexibility index (Phi) is 5.89. The summed E-state index contributed by atoms with van der Waals surface area (Å²) in [6, 6.07) is 6.94. The smallest absolute Gasteiger partial charge is 0.227 e. The number of piperidine rings is 2. The number of rotatable bonds is 3. The third-order valence-corrected chi connectivity index (χ3v) is 8.27. The first-order valence-electron chi connectivity index (χ1n) is 12.0. The molecule has 0 aromatic heterocycles. The molecule has 0 radical (unpaired) electrons. The summed E-state index contributed by atoms with van der Waals surface area (Å²) < 4.78 is 0. The van der Waals surface area contributed by atoms with Crippen molar-refractivity contribution >= 4 is 5.91 Å². The lowest BCUT2D eigenvalue weighted by atomic mass is 9.61. The van der Waals surface area contributed by atoms with E-state index in [-0.39, 0.29) is 16.7 Å². The van der Waals surface area contributed by atoms with Gasteiger partial charge in [-0.2, -0.15) is 0 Å². The lowest BCUT2D eigenvalue weighted by Crippen LogP contribution is -2.66. The monoisotopic (exact) mass is 427 g/mol. The van der Waals surface area contributed by atoms with E-state index in [9.17, 15) is 9.90 Å². The molecule has 0 spiro atoms. The summed E-state index contributed by atoms with van der Waals surface area (Å²) in [7, 11) is 4.57. The second-order valence-corrected chi connectivity index (χ2v) is 11.6. The van der Waals surface area contributed by atoms with Gasteiger partial charge in [-0.3, -0.25) is 4.79 Å². The number of hydrogen-bond acceptors (Lipinski definition) is 4. The second-order valence-electron chi connectivity index (χ2n) is 11.6. The molecule has 2 aliphatic heterocycles. The Morgan fingerprint density at radius 3 is 2.55 bits per heavy atom. The molecule has 5 heteroatoms. The summed E-state index contributed by atoms with van der Waals surface area (Å²) in [5.74, 6) is 1.30. The maximum Gasteiger partial charge on any atom is 0.227 e. The molecule has 1 unspecified atom stereocenters. The molecule has 1 aliphatic carbocycles. The molecule has 1 aromatic carbocycles. The van der Waals surface area contributed by atoms with Crippen molar-refractivity contribution < 1.29 is 9.90 Å². The van der Waals surface area contributed by atoms with Crippen LogP contribution in [0, 0.1) is 11.3 Å². The van der Waals surface area contributed by atoms with E-state index in [1.54, 1.807) is 0 Å². The van der Waals surface area contributed by atoms with Crippen molar-refractivity contribution in [2.45, 2.75) is 70.9 Å². The van der Waals surface area contributed by atoms with E-state index in [2.05, 4.69) is 41.8 Å². The van der Waals surface area contributed by atoms with Crippen LogP contribution in [0.5, 0.6) is 5.75 Å². The van der Waals surface area contributed by atoms with Gasteiger partial charge in [0.1, 0.15) is 5.75 Å². The number of likely N-dealkylation sites (N-methyl/N-ethyl adjacent to an activating group) is 2. The van der Waals surface area contributed by atoms with Crippen LogP contribution in [-0.2, 0) is 16.6 Å². The maximum atomic E-state index is 12.6. The first kappa shape index (κ1) is 22.6. The molecule has 0 saturated carbocycles. The summed E-state index contributed by atoms with van der Waals surface area (Å²) >= 11 is 0. The van der Waals surface area contributed by atoms with E-state index in [0.717, 1.165) is 51.9 Å². The molecule has 4 rings (SSSR count). The Bertz CT molecular complexity index is 824. The highest BCUT2D eigenvalue weighted by atomic mass is 16.3. The summed E-state index contributed by atoms with van der Waals surface area (Å²) in [6.45, 7) is 12.4. The van der Waals surface area contributed by atoms with Gasteiger partial charge in [0.25, 0.3) is 0 Å². The van der Waals surface area contributed by atoms with Crippen LogP contribution in [0.1, 0.15) is 58.1 Å². The topological polar surface area (TPSA) is 47.0 Å². The van der Waals surface area contributed by atoms with Crippen LogP contribution >= 0.6 is 0 Å². The Morgan fingerprint density at radius 1 is 1.23 bits per heavy atom. The number of hydrogen-bond donors (Lipinski definition) is 1. The number of carbonyl (C=O) groups excluding carboxylic acids is 1. The highest BCUT2D eigenvalue weighted by Crippen LogP contribution is 2.47. The first-order valence-corrected chi connectivity index (χ1v) is 12.0. The predicted molar refractivity (Wildman–Crippen MR) is 125 cm³/mol. The fourth-order valence-corrected chi connectivity index (χ4v) is 6.54. The molecule has 2 bridgehead atoms. The van der Waals surface area contributed by atoms with Crippen molar-refractivity contribution in [3.8, 4) is 5.75 Å². The highest BCUT2D eigenvalue weighted by molar-refractivity contribution is 5.81. The molecule has 1 amide bonds. The number of nitrogens with zero attached hydrogens (tertiary/aromatic N) is 3. The molecule has 172 valence electrons. The van der Waals surface area contributed by atoms with Gasteiger partial charge in [-0.15, -0.1) is 0 Å². The van der Waals surface area contributed by atoms with Crippen molar-refractivity contribution in [2.24, 2.45) is 11.3 Å². The highest BCUT2D eigenvalue weighted by Gasteiger charge is 2.51. The molecule has 31 heavy (non-hydrogen) atoms. The lowest BCUT2D eigenvalue weighted by molar-refractivity contribution is -0.141. The van der Waals surface area contributed by atoms with Crippen LogP contribution in [0.25, 0.3) is 0 Å². The van der Waals surface area contributed by atoms with Gasteiger partial charge in [0.2, 0.25) is 5.91 Å². The van der Waals surface area contributed by atoms with Gasteiger partial charge in [-0.05, 0) is 75.5 Å². The van der Waals surface area contributed by atoms with E-state index < -0.39 is 0 Å². The fraction of sp³-hybridized carbons (Fsp3) is 0.731. The normalized spacial score (nSPS) is 29.8. The summed E-state index contributed by atoms with van der Waals surface area (Å²) in [6.07, 6.45) is 4.35.